The minimum atomic E-state index is -0.559. The number of hydrogen-bond donors (Lipinski definition) is 1. The monoisotopic (exact) mass is 262 g/mol. The largest absolute Gasteiger partial charge is 0.481 e. The number of nitrogens with zero attached hydrogens (tertiary/aromatic N) is 1. The first-order chi connectivity index (χ1) is 8.65. The number of aromatic nitrogens is 1. The lowest BCUT2D eigenvalue weighted by Crippen LogP contribution is -2.30. The molecule has 0 radical (unpaired) electrons. The molecule has 1 atom stereocenters. The predicted molar refractivity (Wildman–Crippen MR) is 72.0 cm³/mol. The average Bonchev–Trinajstić information content (AvgIpc) is 2.85. The van der Waals surface area contributed by atoms with E-state index in [1.165, 1.54) is 11.3 Å². The van der Waals surface area contributed by atoms with Crippen LogP contribution in [0.1, 0.15) is 12.5 Å². The molecule has 0 saturated heterocycles. The predicted octanol–water partition coefficient (Wildman–Crippen LogP) is 2.86. The van der Waals surface area contributed by atoms with Crippen molar-refractivity contribution in [2.75, 3.05) is 5.32 Å². The van der Waals surface area contributed by atoms with Crippen LogP contribution >= 0.6 is 11.3 Å². The molecule has 0 aliphatic carbocycles. The Morgan fingerprint density at radius 1 is 1.39 bits per heavy atom. The number of carbonyl (C=O) groups is 1. The fourth-order valence-corrected chi connectivity index (χ4v) is 1.90. The topological polar surface area (TPSA) is 51.2 Å². The average molecular weight is 262 g/mol. The second-order valence-corrected chi connectivity index (χ2v) is 4.79. The number of rotatable bonds is 4. The number of nitrogens with one attached hydrogen (secondary N) is 1. The number of hydrogen-bond acceptors (Lipinski definition) is 4. The SMILES string of the molecule is Cc1ccc(O[C@@H](C)C(=O)Nc2nccs2)cc1. The van der Waals surface area contributed by atoms with Crippen molar-refractivity contribution >= 4 is 22.4 Å². The molecule has 0 aliphatic rings. The molecule has 94 valence electrons. The quantitative estimate of drug-likeness (QED) is 0.921. The van der Waals surface area contributed by atoms with Gasteiger partial charge in [-0.25, -0.2) is 4.98 Å². The van der Waals surface area contributed by atoms with Crippen LogP contribution < -0.4 is 10.1 Å². The molecule has 0 spiro atoms. The van der Waals surface area contributed by atoms with Crippen LogP contribution in [0, 0.1) is 6.92 Å². The molecule has 1 aromatic carbocycles. The van der Waals surface area contributed by atoms with Gasteiger partial charge in [-0.15, -0.1) is 11.3 Å². The van der Waals surface area contributed by atoms with E-state index in [1.54, 1.807) is 18.5 Å². The molecule has 0 saturated carbocycles. The van der Waals surface area contributed by atoms with Gasteiger partial charge in [-0.2, -0.15) is 0 Å². The van der Waals surface area contributed by atoms with Crippen LogP contribution in [0.5, 0.6) is 5.75 Å². The van der Waals surface area contributed by atoms with E-state index in [4.69, 9.17) is 4.74 Å². The lowest BCUT2D eigenvalue weighted by Gasteiger charge is -2.13. The van der Waals surface area contributed by atoms with Crippen LogP contribution in [0.25, 0.3) is 0 Å². The molecule has 2 rings (SSSR count). The van der Waals surface area contributed by atoms with E-state index in [-0.39, 0.29) is 5.91 Å². The van der Waals surface area contributed by atoms with Crippen molar-refractivity contribution in [1.82, 2.24) is 4.98 Å². The van der Waals surface area contributed by atoms with Crippen LogP contribution in [0.2, 0.25) is 0 Å². The normalized spacial score (nSPS) is 11.9. The van der Waals surface area contributed by atoms with E-state index in [0.29, 0.717) is 10.9 Å². The number of carbonyl (C=O) groups excluding carboxylic acids is 1. The molecule has 1 heterocycles. The molecule has 0 unspecified atom stereocenters. The van der Waals surface area contributed by atoms with Gasteiger partial charge in [-0.3, -0.25) is 10.1 Å². The Kier molecular flexibility index (Phi) is 3.94. The zero-order chi connectivity index (χ0) is 13.0. The molecule has 5 heteroatoms. The number of benzene rings is 1. The van der Waals surface area contributed by atoms with Crippen molar-refractivity contribution in [2.24, 2.45) is 0 Å². The van der Waals surface area contributed by atoms with Gasteiger partial charge in [0, 0.05) is 11.6 Å². The lowest BCUT2D eigenvalue weighted by atomic mass is 10.2. The van der Waals surface area contributed by atoms with Crippen molar-refractivity contribution in [3.8, 4) is 5.75 Å². The Morgan fingerprint density at radius 2 is 2.11 bits per heavy atom. The molecule has 18 heavy (non-hydrogen) atoms. The molecule has 1 N–H and O–H groups in total. The third-order valence-corrected chi connectivity index (χ3v) is 3.05. The fraction of sp³-hybridized carbons (Fsp3) is 0.231. The number of thiazole rings is 1. The second kappa shape index (κ2) is 5.64. The Morgan fingerprint density at radius 3 is 2.72 bits per heavy atom. The van der Waals surface area contributed by atoms with E-state index in [9.17, 15) is 4.79 Å². The molecule has 1 amide bonds. The van der Waals surface area contributed by atoms with Gasteiger partial charge in [0.2, 0.25) is 0 Å². The van der Waals surface area contributed by atoms with Gasteiger partial charge < -0.3 is 4.74 Å². The summed E-state index contributed by atoms with van der Waals surface area (Å²) in [5, 5.41) is 5.09. The molecule has 0 fully saturated rings. The van der Waals surface area contributed by atoms with Gasteiger partial charge in [-0.05, 0) is 26.0 Å². The summed E-state index contributed by atoms with van der Waals surface area (Å²) < 4.78 is 5.54. The summed E-state index contributed by atoms with van der Waals surface area (Å²) in [7, 11) is 0. The third kappa shape index (κ3) is 3.30. The minimum absolute atomic E-state index is 0.203. The van der Waals surface area contributed by atoms with E-state index in [1.807, 2.05) is 31.2 Å². The van der Waals surface area contributed by atoms with E-state index in [0.717, 1.165) is 5.56 Å². The maximum atomic E-state index is 11.8. The van der Waals surface area contributed by atoms with Crippen LogP contribution in [0.15, 0.2) is 35.8 Å². The Balaban J connectivity index is 1.93. The van der Waals surface area contributed by atoms with E-state index in [2.05, 4.69) is 10.3 Å². The lowest BCUT2D eigenvalue weighted by molar-refractivity contribution is -0.122. The highest BCUT2D eigenvalue weighted by Crippen LogP contribution is 2.15. The first-order valence-corrected chi connectivity index (χ1v) is 6.47. The number of ether oxygens (including phenoxy) is 1. The summed E-state index contributed by atoms with van der Waals surface area (Å²) in [6, 6.07) is 7.59. The summed E-state index contributed by atoms with van der Waals surface area (Å²) in [5.41, 5.74) is 1.15. The summed E-state index contributed by atoms with van der Waals surface area (Å²) in [6.45, 7) is 3.71. The van der Waals surface area contributed by atoms with E-state index >= 15 is 0 Å². The second-order valence-electron chi connectivity index (χ2n) is 3.90. The van der Waals surface area contributed by atoms with Crippen LogP contribution in [0.4, 0.5) is 5.13 Å². The summed E-state index contributed by atoms with van der Waals surface area (Å²) in [6.07, 6.45) is 1.09. The van der Waals surface area contributed by atoms with Crippen molar-refractivity contribution in [3.05, 3.63) is 41.4 Å². The molecule has 2 aromatic rings. The molecule has 0 bridgehead atoms. The zero-order valence-corrected chi connectivity index (χ0v) is 11.0. The Labute approximate surface area is 110 Å². The fourth-order valence-electron chi connectivity index (χ4n) is 1.37. The Bertz CT molecular complexity index is 508. The number of amides is 1. The Hall–Kier alpha value is -1.88. The van der Waals surface area contributed by atoms with Gasteiger partial charge in [0.15, 0.2) is 11.2 Å². The zero-order valence-electron chi connectivity index (χ0n) is 10.2. The van der Waals surface area contributed by atoms with Gasteiger partial charge in [0.1, 0.15) is 5.75 Å². The van der Waals surface area contributed by atoms with Gasteiger partial charge >= 0.3 is 0 Å². The first-order valence-electron chi connectivity index (χ1n) is 5.59. The number of anilines is 1. The van der Waals surface area contributed by atoms with Crippen LogP contribution in [-0.2, 0) is 4.79 Å². The summed E-state index contributed by atoms with van der Waals surface area (Å²) >= 11 is 1.38. The highest BCUT2D eigenvalue weighted by atomic mass is 32.1. The van der Waals surface area contributed by atoms with Crippen molar-refractivity contribution in [1.29, 1.82) is 0 Å². The van der Waals surface area contributed by atoms with Crippen molar-refractivity contribution in [3.63, 3.8) is 0 Å². The highest BCUT2D eigenvalue weighted by Gasteiger charge is 2.15. The maximum absolute atomic E-state index is 11.8. The van der Waals surface area contributed by atoms with Crippen molar-refractivity contribution in [2.45, 2.75) is 20.0 Å². The first kappa shape index (κ1) is 12.6. The smallest absolute Gasteiger partial charge is 0.266 e. The molecule has 1 aromatic heterocycles. The van der Waals surface area contributed by atoms with Crippen LogP contribution in [-0.4, -0.2) is 17.0 Å². The van der Waals surface area contributed by atoms with Gasteiger partial charge in [0.25, 0.3) is 5.91 Å². The third-order valence-electron chi connectivity index (χ3n) is 2.37. The van der Waals surface area contributed by atoms with Gasteiger partial charge in [-0.1, -0.05) is 17.7 Å². The number of aryl methyl sites for hydroxylation is 1. The standard InChI is InChI=1S/C13H14N2O2S/c1-9-3-5-11(6-4-9)17-10(2)12(16)15-13-14-7-8-18-13/h3-8,10H,1-2H3,(H,14,15,16)/t10-/m0/s1. The summed E-state index contributed by atoms with van der Waals surface area (Å²) in [5.74, 6) is 0.480. The maximum Gasteiger partial charge on any atom is 0.266 e. The molecular weight excluding hydrogens is 248 g/mol. The molecule has 0 aliphatic heterocycles. The molecule has 4 nitrogen and oxygen atoms in total. The van der Waals surface area contributed by atoms with Gasteiger partial charge in [0.05, 0.1) is 0 Å². The van der Waals surface area contributed by atoms with Crippen LogP contribution in [0.3, 0.4) is 0 Å². The summed E-state index contributed by atoms with van der Waals surface area (Å²) in [4.78, 5) is 15.8. The van der Waals surface area contributed by atoms with E-state index < -0.39 is 6.10 Å². The minimum Gasteiger partial charge on any atom is -0.481 e. The highest BCUT2D eigenvalue weighted by molar-refractivity contribution is 7.13. The van der Waals surface area contributed by atoms with Crippen molar-refractivity contribution < 1.29 is 9.53 Å². The molecular formula is C13H14N2O2S.